The summed E-state index contributed by atoms with van der Waals surface area (Å²) in [5, 5.41) is 6.44. The molecule has 0 bridgehead atoms. The van der Waals surface area contributed by atoms with E-state index in [2.05, 4.69) is 28.6 Å². The molecule has 4 nitrogen and oxygen atoms in total. The number of carbonyl (C=O) groups excluding carboxylic acids is 1. The van der Waals surface area contributed by atoms with Crippen molar-refractivity contribution in [3.8, 4) is 0 Å². The minimum absolute atomic E-state index is 0.000781. The topological polar surface area (TPSA) is 44.4 Å². The molecule has 21 heavy (non-hydrogen) atoms. The first-order chi connectivity index (χ1) is 10.0. The zero-order valence-electron chi connectivity index (χ0n) is 13.4. The van der Waals surface area contributed by atoms with E-state index in [1.807, 2.05) is 32.0 Å². The van der Waals surface area contributed by atoms with E-state index in [-0.39, 0.29) is 11.8 Å². The van der Waals surface area contributed by atoms with Crippen molar-refractivity contribution in [2.75, 3.05) is 37.3 Å². The Bertz CT molecular complexity index is 465. The Morgan fingerprint density at radius 2 is 1.95 bits per heavy atom. The van der Waals surface area contributed by atoms with E-state index in [1.165, 1.54) is 25.9 Å². The van der Waals surface area contributed by atoms with E-state index in [4.69, 9.17) is 0 Å². The third kappa shape index (κ3) is 5.05. The van der Waals surface area contributed by atoms with Crippen molar-refractivity contribution < 1.29 is 4.79 Å². The zero-order chi connectivity index (χ0) is 15.2. The van der Waals surface area contributed by atoms with Gasteiger partial charge in [-0.05, 0) is 57.1 Å². The number of hydrogen-bond donors (Lipinski definition) is 2. The number of likely N-dealkylation sites (tertiary alicyclic amines) is 1. The third-order valence-corrected chi connectivity index (χ3v) is 4.09. The summed E-state index contributed by atoms with van der Waals surface area (Å²) < 4.78 is 0. The summed E-state index contributed by atoms with van der Waals surface area (Å²) in [5.74, 6) is 0.804. The van der Waals surface area contributed by atoms with Crippen LogP contribution in [0, 0.1) is 11.8 Å². The quantitative estimate of drug-likeness (QED) is 0.875. The number of piperidine rings is 1. The number of anilines is 2. The fourth-order valence-corrected chi connectivity index (χ4v) is 2.52. The summed E-state index contributed by atoms with van der Waals surface area (Å²) in [5.41, 5.74) is 1.94. The smallest absolute Gasteiger partial charge is 0.226 e. The predicted molar refractivity (Wildman–Crippen MR) is 88.6 cm³/mol. The van der Waals surface area contributed by atoms with Crippen LogP contribution < -0.4 is 10.6 Å². The van der Waals surface area contributed by atoms with Crippen LogP contribution in [0.2, 0.25) is 0 Å². The van der Waals surface area contributed by atoms with E-state index < -0.39 is 0 Å². The van der Waals surface area contributed by atoms with Crippen LogP contribution in [-0.4, -0.2) is 37.5 Å². The fraction of sp³-hybridized carbons (Fsp3) is 0.588. The molecule has 0 saturated carbocycles. The van der Waals surface area contributed by atoms with Crippen LogP contribution in [0.25, 0.3) is 0 Å². The summed E-state index contributed by atoms with van der Waals surface area (Å²) in [4.78, 5) is 14.1. The second kappa shape index (κ2) is 7.46. The lowest BCUT2D eigenvalue weighted by Crippen LogP contribution is -2.32. The molecule has 1 amide bonds. The first kappa shape index (κ1) is 15.8. The lowest BCUT2D eigenvalue weighted by atomic mass is 9.97. The highest BCUT2D eigenvalue weighted by Crippen LogP contribution is 2.19. The highest BCUT2D eigenvalue weighted by atomic mass is 16.1. The molecule has 0 spiro atoms. The summed E-state index contributed by atoms with van der Waals surface area (Å²) in [6, 6.07) is 7.98. The summed E-state index contributed by atoms with van der Waals surface area (Å²) in [6.45, 7) is 7.19. The van der Waals surface area contributed by atoms with Crippen LogP contribution in [0.4, 0.5) is 11.4 Å². The fourth-order valence-electron chi connectivity index (χ4n) is 2.52. The molecule has 1 aliphatic heterocycles. The molecule has 1 aromatic rings. The largest absolute Gasteiger partial charge is 0.385 e. The van der Waals surface area contributed by atoms with E-state index >= 15 is 0 Å². The maximum atomic E-state index is 11.7. The molecular formula is C17H27N3O. The van der Waals surface area contributed by atoms with E-state index in [0.29, 0.717) is 0 Å². The second-order valence-electron chi connectivity index (χ2n) is 6.35. The van der Waals surface area contributed by atoms with Gasteiger partial charge in [-0.2, -0.15) is 0 Å². The highest BCUT2D eigenvalue weighted by Gasteiger charge is 2.16. The van der Waals surface area contributed by atoms with Crippen LogP contribution in [0.5, 0.6) is 0 Å². The van der Waals surface area contributed by atoms with Crippen molar-refractivity contribution in [3.05, 3.63) is 24.3 Å². The van der Waals surface area contributed by atoms with E-state index in [0.717, 1.165) is 23.8 Å². The van der Waals surface area contributed by atoms with Gasteiger partial charge in [0.05, 0.1) is 0 Å². The van der Waals surface area contributed by atoms with Crippen LogP contribution >= 0.6 is 0 Å². The van der Waals surface area contributed by atoms with Gasteiger partial charge in [0.2, 0.25) is 5.91 Å². The molecular weight excluding hydrogens is 262 g/mol. The van der Waals surface area contributed by atoms with Crippen LogP contribution in [0.3, 0.4) is 0 Å². The SMILES string of the molecule is CC(C)C(=O)Nc1cccc(NCC2CCN(C)CC2)c1. The zero-order valence-corrected chi connectivity index (χ0v) is 13.4. The molecule has 116 valence electrons. The second-order valence-corrected chi connectivity index (χ2v) is 6.35. The van der Waals surface area contributed by atoms with Gasteiger partial charge in [-0.1, -0.05) is 19.9 Å². The van der Waals surface area contributed by atoms with Gasteiger partial charge in [-0.25, -0.2) is 0 Å². The summed E-state index contributed by atoms with van der Waals surface area (Å²) in [6.07, 6.45) is 2.51. The Morgan fingerprint density at radius 1 is 1.29 bits per heavy atom. The Labute approximate surface area is 127 Å². The number of nitrogens with one attached hydrogen (secondary N) is 2. The van der Waals surface area contributed by atoms with Crippen LogP contribution in [0.15, 0.2) is 24.3 Å². The Kier molecular flexibility index (Phi) is 5.62. The summed E-state index contributed by atoms with van der Waals surface area (Å²) in [7, 11) is 2.19. The Balaban J connectivity index is 1.85. The molecule has 1 aromatic carbocycles. The first-order valence-corrected chi connectivity index (χ1v) is 7.88. The van der Waals surface area contributed by atoms with Gasteiger partial charge in [0.25, 0.3) is 0 Å². The van der Waals surface area contributed by atoms with E-state index in [1.54, 1.807) is 0 Å². The van der Waals surface area contributed by atoms with Crippen molar-refractivity contribution in [2.45, 2.75) is 26.7 Å². The van der Waals surface area contributed by atoms with Gasteiger partial charge >= 0.3 is 0 Å². The molecule has 2 N–H and O–H groups in total. The number of benzene rings is 1. The molecule has 0 unspecified atom stereocenters. The monoisotopic (exact) mass is 289 g/mol. The van der Waals surface area contributed by atoms with Crippen molar-refractivity contribution in [1.82, 2.24) is 4.90 Å². The average molecular weight is 289 g/mol. The van der Waals surface area contributed by atoms with E-state index in [9.17, 15) is 4.79 Å². The number of amides is 1. The molecule has 0 aromatic heterocycles. The molecule has 4 heteroatoms. The van der Waals surface area contributed by atoms with Gasteiger partial charge in [-0.3, -0.25) is 4.79 Å². The Morgan fingerprint density at radius 3 is 2.62 bits per heavy atom. The average Bonchev–Trinajstić information content (AvgIpc) is 2.47. The minimum atomic E-state index is 0.000781. The van der Waals surface area contributed by atoms with Crippen molar-refractivity contribution in [3.63, 3.8) is 0 Å². The third-order valence-electron chi connectivity index (χ3n) is 4.09. The number of rotatable bonds is 5. The lowest BCUT2D eigenvalue weighted by Gasteiger charge is -2.29. The number of nitrogens with zero attached hydrogens (tertiary/aromatic N) is 1. The number of carbonyl (C=O) groups is 1. The van der Waals surface area contributed by atoms with Gasteiger partial charge in [0.15, 0.2) is 0 Å². The summed E-state index contributed by atoms with van der Waals surface area (Å²) >= 11 is 0. The Hall–Kier alpha value is -1.55. The molecule has 1 aliphatic rings. The number of hydrogen-bond acceptors (Lipinski definition) is 3. The maximum absolute atomic E-state index is 11.7. The van der Waals surface area contributed by atoms with Gasteiger partial charge in [0, 0.05) is 23.8 Å². The van der Waals surface area contributed by atoms with Crippen molar-refractivity contribution in [1.29, 1.82) is 0 Å². The predicted octanol–water partition coefficient (Wildman–Crippen LogP) is 3.03. The molecule has 1 heterocycles. The first-order valence-electron chi connectivity index (χ1n) is 7.88. The van der Waals surface area contributed by atoms with Crippen LogP contribution in [-0.2, 0) is 4.79 Å². The van der Waals surface area contributed by atoms with Crippen molar-refractivity contribution in [2.24, 2.45) is 11.8 Å². The molecule has 1 fully saturated rings. The molecule has 2 rings (SSSR count). The highest BCUT2D eigenvalue weighted by molar-refractivity contribution is 5.92. The normalized spacial score (nSPS) is 17.0. The maximum Gasteiger partial charge on any atom is 0.226 e. The molecule has 0 atom stereocenters. The molecule has 1 saturated heterocycles. The van der Waals surface area contributed by atoms with Crippen molar-refractivity contribution >= 4 is 17.3 Å². The van der Waals surface area contributed by atoms with Gasteiger partial charge in [-0.15, -0.1) is 0 Å². The standard InChI is InChI=1S/C17H27N3O/c1-13(2)17(21)19-16-6-4-5-15(11-16)18-12-14-7-9-20(3)10-8-14/h4-6,11,13-14,18H,7-10,12H2,1-3H3,(H,19,21). The lowest BCUT2D eigenvalue weighted by molar-refractivity contribution is -0.118. The van der Waals surface area contributed by atoms with Gasteiger partial charge < -0.3 is 15.5 Å². The molecule has 0 radical (unpaired) electrons. The molecule has 0 aliphatic carbocycles. The minimum Gasteiger partial charge on any atom is -0.385 e. The van der Waals surface area contributed by atoms with Crippen LogP contribution in [0.1, 0.15) is 26.7 Å². The van der Waals surface area contributed by atoms with Gasteiger partial charge in [0.1, 0.15) is 0 Å².